The van der Waals surface area contributed by atoms with Crippen LogP contribution in [0.2, 0.25) is 0 Å². The molecule has 20 heavy (non-hydrogen) atoms. The molecule has 0 aliphatic heterocycles. The number of nitrogens with one attached hydrogen (secondary N) is 1. The molecule has 116 valence electrons. The summed E-state index contributed by atoms with van der Waals surface area (Å²) < 4.78 is 0. The van der Waals surface area contributed by atoms with Gasteiger partial charge in [-0.25, -0.2) is 0 Å². The minimum atomic E-state index is -0.442. The van der Waals surface area contributed by atoms with Gasteiger partial charge in [0.2, 0.25) is 5.91 Å². The number of primary amides is 1. The Labute approximate surface area is 124 Å². The predicted molar refractivity (Wildman–Crippen MR) is 83.4 cm³/mol. The van der Waals surface area contributed by atoms with E-state index in [9.17, 15) is 4.79 Å². The van der Waals surface area contributed by atoms with Gasteiger partial charge < -0.3 is 11.1 Å². The molecule has 0 heterocycles. The van der Waals surface area contributed by atoms with Gasteiger partial charge in [0, 0.05) is 6.04 Å². The summed E-state index contributed by atoms with van der Waals surface area (Å²) in [6.45, 7) is 4.63. The minimum absolute atomic E-state index is 0.126. The number of carbonyl (C=O) groups excluding carboxylic acids is 1. The first kappa shape index (κ1) is 15.8. The van der Waals surface area contributed by atoms with Crippen LogP contribution < -0.4 is 11.1 Å². The Balaban J connectivity index is 2.06. The van der Waals surface area contributed by atoms with Gasteiger partial charge in [-0.15, -0.1) is 0 Å². The van der Waals surface area contributed by atoms with Crippen LogP contribution in [0.4, 0.5) is 0 Å². The van der Waals surface area contributed by atoms with E-state index in [-0.39, 0.29) is 5.91 Å². The molecule has 0 aromatic carbocycles. The Hall–Kier alpha value is -0.570. The quantitative estimate of drug-likeness (QED) is 0.777. The van der Waals surface area contributed by atoms with Crippen LogP contribution in [0, 0.1) is 5.41 Å². The van der Waals surface area contributed by atoms with Gasteiger partial charge >= 0.3 is 0 Å². The molecule has 1 unspecified atom stereocenters. The van der Waals surface area contributed by atoms with Gasteiger partial charge in [-0.05, 0) is 43.9 Å². The lowest BCUT2D eigenvalue weighted by molar-refractivity contribution is -0.125. The van der Waals surface area contributed by atoms with Gasteiger partial charge in [-0.3, -0.25) is 4.79 Å². The summed E-state index contributed by atoms with van der Waals surface area (Å²) in [5.41, 5.74) is 5.72. The average molecular weight is 280 g/mol. The van der Waals surface area contributed by atoms with Crippen molar-refractivity contribution in [2.45, 2.75) is 96.1 Å². The summed E-state index contributed by atoms with van der Waals surface area (Å²) in [4.78, 5) is 12.2. The van der Waals surface area contributed by atoms with E-state index in [1.807, 2.05) is 0 Å². The summed E-state index contributed by atoms with van der Waals surface area (Å²) in [6, 6.07) is 0.492. The van der Waals surface area contributed by atoms with Crippen LogP contribution >= 0.6 is 0 Å². The second kappa shape index (κ2) is 6.46. The Kier molecular flexibility index (Phi) is 5.11. The molecule has 3 N–H and O–H groups in total. The van der Waals surface area contributed by atoms with Crippen molar-refractivity contribution < 1.29 is 4.79 Å². The molecule has 2 fully saturated rings. The standard InChI is InChI=1S/C17H32N2O/c1-16(2)10-7-11-17(13-12-16,15(18)20)19-14-8-5-3-4-6-9-14/h14,19H,3-13H2,1-2H3,(H2,18,20). The monoisotopic (exact) mass is 280 g/mol. The number of hydrogen-bond donors (Lipinski definition) is 2. The van der Waals surface area contributed by atoms with E-state index < -0.39 is 5.54 Å². The zero-order chi connectivity index (χ0) is 14.6. The fourth-order valence-corrected chi connectivity index (χ4v) is 3.95. The first-order valence-corrected chi connectivity index (χ1v) is 8.51. The van der Waals surface area contributed by atoms with Crippen molar-refractivity contribution in [3.05, 3.63) is 0 Å². The Bertz CT molecular complexity index is 332. The lowest BCUT2D eigenvalue weighted by Crippen LogP contribution is -2.58. The zero-order valence-electron chi connectivity index (χ0n) is 13.3. The third-order valence-electron chi connectivity index (χ3n) is 5.49. The van der Waals surface area contributed by atoms with Crippen LogP contribution in [0.15, 0.2) is 0 Å². The largest absolute Gasteiger partial charge is 0.368 e. The molecule has 2 saturated carbocycles. The lowest BCUT2D eigenvalue weighted by Gasteiger charge is -2.35. The maximum atomic E-state index is 12.2. The van der Waals surface area contributed by atoms with E-state index >= 15 is 0 Å². The molecule has 2 aliphatic rings. The summed E-state index contributed by atoms with van der Waals surface area (Å²) >= 11 is 0. The second-order valence-electron chi connectivity index (χ2n) is 7.80. The van der Waals surface area contributed by atoms with E-state index in [2.05, 4.69) is 19.2 Å². The second-order valence-corrected chi connectivity index (χ2v) is 7.80. The molecular weight excluding hydrogens is 248 g/mol. The minimum Gasteiger partial charge on any atom is -0.368 e. The van der Waals surface area contributed by atoms with Crippen LogP contribution in [-0.4, -0.2) is 17.5 Å². The molecule has 0 aromatic heterocycles. The van der Waals surface area contributed by atoms with Crippen molar-refractivity contribution in [1.29, 1.82) is 0 Å². The molecule has 1 atom stereocenters. The number of nitrogens with two attached hydrogens (primary N) is 1. The smallest absolute Gasteiger partial charge is 0.237 e. The number of carbonyl (C=O) groups is 1. The third kappa shape index (κ3) is 3.97. The molecule has 2 rings (SSSR count). The Morgan fingerprint density at radius 2 is 1.60 bits per heavy atom. The van der Waals surface area contributed by atoms with Gasteiger partial charge in [0.15, 0.2) is 0 Å². The zero-order valence-corrected chi connectivity index (χ0v) is 13.3. The van der Waals surface area contributed by atoms with Crippen molar-refractivity contribution in [2.24, 2.45) is 11.1 Å². The van der Waals surface area contributed by atoms with Crippen LogP contribution in [0.25, 0.3) is 0 Å². The molecule has 0 radical (unpaired) electrons. The fraction of sp³-hybridized carbons (Fsp3) is 0.941. The van der Waals surface area contributed by atoms with Gasteiger partial charge in [-0.2, -0.15) is 0 Å². The maximum Gasteiger partial charge on any atom is 0.237 e. The van der Waals surface area contributed by atoms with Crippen molar-refractivity contribution >= 4 is 5.91 Å². The molecule has 1 amide bonds. The van der Waals surface area contributed by atoms with E-state index in [4.69, 9.17) is 5.73 Å². The number of hydrogen-bond acceptors (Lipinski definition) is 2. The normalized spacial score (nSPS) is 32.3. The predicted octanol–water partition coefficient (Wildman–Crippen LogP) is 3.51. The summed E-state index contributed by atoms with van der Waals surface area (Å²) in [5, 5.41) is 3.71. The molecule has 0 spiro atoms. The van der Waals surface area contributed by atoms with Crippen LogP contribution in [0.5, 0.6) is 0 Å². The SMILES string of the molecule is CC1(C)CCCC(NC2CCCCCC2)(C(N)=O)CC1. The summed E-state index contributed by atoms with van der Waals surface area (Å²) in [7, 11) is 0. The van der Waals surface area contributed by atoms with E-state index in [1.165, 1.54) is 44.9 Å². The highest BCUT2D eigenvalue weighted by atomic mass is 16.1. The Morgan fingerprint density at radius 3 is 2.20 bits per heavy atom. The average Bonchev–Trinajstić information content (AvgIpc) is 2.70. The third-order valence-corrected chi connectivity index (χ3v) is 5.49. The van der Waals surface area contributed by atoms with Gasteiger partial charge in [-0.1, -0.05) is 46.0 Å². The summed E-state index contributed by atoms with van der Waals surface area (Å²) in [5.74, 6) is -0.126. The van der Waals surface area contributed by atoms with Gasteiger partial charge in [0.1, 0.15) is 0 Å². The van der Waals surface area contributed by atoms with Crippen molar-refractivity contribution in [1.82, 2.24) is 5.32 Å². The molecule has 3 heteroatoms. The Morgan fingerprint density at radius 1 is 0.950 bits per heavy atom. The highest BCUT2D eigenvalue weighted by Crippen LogP contribution is 2.38. The molecule has 0 bridgehead atoms. The molecule has 2 aliphatic carbocycles. The van der Waals surface area contributed by atoms with E-state index in [0.717, 1.165) is 25.7 Å². The fourth-order valence-electron chi connectivity index (χ4n) is 3.95. The van der Waals surface area contributed by atoms with Gasteiger partial charge in [0.05, 0.1) is 5.54 Å². The molecule has 0 saturated heterocycles. The molecule has 0 aromatic rings. The summed E-state index contributed by atoms with van der Waals surface area (Å²) in [6.07, 6.45) is 12.9. The molecular formula is C17H32N2O. The highest BCUT2D eigenvalue weighted by molar-refractivity contribution is 5.84. The first-order chi connectivity index (χ1) is 9.44. The van der Waals surface area contributed by atoms with Crippen molar-refractivity contribution in [2.75, 3.05) is 0 Å². The highest BCUT2D eigenvalue weighted by Gasteiger charge is 2.41. The van der Waals surface area contributed by atoms with Crippen molar-refractivity contribution in [3.63, 3.8) is 0 Å². The van der Waals surface area contributed by atoms with E-state index in [0.29, 0.717) is 11.5 Å². The van der Waals surface area contributed by atoms with Gasteiger partial charge in [0.25, 0.3) is 0 Å². The van der Waals surface area contributed by atoms with Crippen molar-refractivity contribution in [3.8, 4) is 0 Å². The molecule has 3 nitrogen and oxygen atoms in total. The number of rotatable bonds is 3. The first-order valence-electron chi connectivity index (χ1n) is 8.51. The van der Waals surface area contributed by atoms with Crippen LogP contribution in [0.3, 0.4) is 0 Å². The van der Waals surface area contributed by atoms with E-state index in [1.54, 1.807) is 0 Å². The topological polar surface area (TPSA) is 55.1 Å². The van der Waals surface area contributed by atoms with Crippen LogP contribution in [-0.2, 0) is 4.79 Å². The van der Waals surface area contributed by atoms with Crippen LogP contribution in [0.1, 0.15) is 84.5 Å². The maximum absolute atomic E-state index is 12.2. The lowest BCUT2D eigenvalue weighted by atomic mass is 9.82. The number of amides is 1.